The summed E-state index contributed by atoms with van der Waals surface area (Å²) in [4.78, 5) is 28.5. The van der Waals surface area contributed by atoms with E-state index in [0.29, 0.717) is 47.6 Å². The van der Waals surface area contributed by atoms with Crippen LogP contribution in [-0.4, -0.2) is 34.0 Å². The highest BCUT2D eigenvalue weighted by Crippen LogP contribution is 2.38. The Morgan fingerprint density at radius 2 is 2.00 bits per heavy atom. The van der Waals surface area contributed by atoms with Crippen LogP contribution in [0, 0.1) is 6.92 Å². The lowest BCUT2D eigenvalue weighted by atomic mass is 10.1. The van der Waals surface area contributed by atoms with Gasteiger partial charge in [-0.3, -0.25) is 9.78 Å². The van der Waals surface area contributed by atoms with Gasteiger partial charge in [-0.05, 0) is 61.4 Å². The maximum atomic E-state index is 13.1. The number of aryl methyl sites for hydroxylation is 1. The van der Waals surface area contributed by atoms with Crippen LogP contribution in [0.1, 0.15) is 28.4 Å². The van der Waals surface area contributed by atoms with Gasteiger partial charge in [-0.2, -0.15) is 0 Å². The van der Waals surface area contributed by atoms with Crippen LogP contribution in [0.15, 0.2) is 54.9 Å². The molecule has 0 saturated carbocycles. The van der Waals surface area contributed by atoms with Gasteiger partial charge >= 0.3 is 0 Å². The zero-order valence-corrected chi connectivity index (χ0v) is 19.1. The van der Waals surface area contributed by atoms with Crippen molar-refractivity contribution in [2.24, 2.45) is 0 Å². The number of hydrogen-bond acceptors (Lipinski definition) is 6. The van der Waals surface area contributed by atoms with Crippen molar-refractivity contribution in [3.63, 3.8) is 0 Å². The second-order valence-electron chi connectivity index (χ2n) is 7.80. The van der Waals surface area contributed by atoms with Gasteiger partial charge in [0, 0.05) is 30.7 Å². The van der Waals surface area contributed by atoms with Crippen molar-refractivity contribution in [2.45, 2.75) is 20.3 Å². The Morgan fingerprint density at radius 1 is 1.12 bits per heavy atom. The SMILES string of the molecule is CCN1c2ncc(CCOc3cccc4ncccc34)cc2C(=O)Nc2c(C)cc(Cl)nc21. The van der Waals surface area contributed by atoms with Crippen molar-refractivity contribution in [2.75, 3.05) is 23.4 Å². The van der Waals surface area contributed by atoms with Gasteiger partial charge in [0.2, 0.25) is 0 Å². The van der Waals surface area contributed by atoms with Crippen LogP contribution in [0.2, 0.25) is 5.15 Å². The minimum atomic E-state index is -0.218. The average Bonchev–Trinajstić information content (AvgIpc) is 2.93. The zero-order valence-electron chi connectivity index (χ0n) is 18.3. The fraction of sp³-hybridized carbons (Fsp3) is 0.200. The normalized spacial score (nSPS) is 12.7. The van der Waals surface area contributed by atoms with Crippen molar-refractivity contribution in [3.8, 4) is 5.75 Å². The largest absolute Gasteiger partial charge is 0.493 e. The minimum absolute atomic E-state index is 0.218. The number of nitrogens with zero attached hydrogens (tertiary/aromatic N) is 4. The number of nitrogens with one attached hydrogen (secondary N) is 1. The molecule has 4 aromatic rings. The molecule has 3 aromatic heterocycles. The Balaban J connectivity index is 1.40. The third-order valence-electron chi connectivity index (χ3n) is 5.65. The first-order chi connectivity index (χ1) is 16.0. The van der Waals surface area contributed by atoms with E-state index in [1.807, 2.05) is 55.1 Å². The van der Waals surface area contributed by atoms with E-state index in [0.717, 1.165) is 27.8 Å². The second-order valence-corrected chi connectivity index (χ2v) is 8.19. The molecule has 0 unspecified atom stereocenters. The standard InChI is InChI=1S/C25H22ClN5O2/c1-3-31-23-18(25(32)30-22-15(2)12-21(26)29-24(22)31)13-16(14-28-23)9-11-33-20-8-4-7-19-17(20)6-5-10-27-19/h4-8,10,12-14H,3,9,11H2,1-2H3,(H,30,32). The summed E-state index contributed by atoms with van der Waals surface area (Å²) in [6, 6.07) is 13.3. The number of aromatic nitrogens is 3. The topological polar surface area (TPSA) is 80.2 Å². The number of halogens is 1. The molecule has 1 N–H and O–H groups in total. The van der Waals surface area contributed by atoms with E-state index in [9.17, 15) is 4.79 Å². The summed E-state index contributed by atoms with van der Waals surface area (Å²) < 4.78 is 6.04. The third-order valence-corrected chi connectivity index (χ3v) is 5.85. The highest BCUT2D eigenvalue weighted by atomic mass is 35.5. The average molecular weight is 460 g/mol. The molecule has 8 heteroatoms. The molecule has 0 spiro atoms. The summed E-state index contributed by atoms with van der Waals surface area (Å²) in [5.41, 5.74) is 3.80. The van der Waals surface area contributed by atoms with Crippen molar-refractivity contribution >= 4 is 45.7 Å². The minimum Gasteiger partial charge on any atom is -0.493 e. The van der Waals surface area contributed by atoms with Crippen molar-refractivity contribution in [3.05, 3.63) is 76.7 Å². The molecule has 0 bridgehead atoms. The fourth-order valence-electron chi connectivity index (χ4n) is 4.05. The first kappa shape index (κ1) is 21.2. The van der Waals surface area contributed by atoms with Gasteiger partial charge in [-0.25, -0.2) is 9.97 Å². The van der Waals surface area contributed by atoms with E-state index in [-0.39, 0.29) is 5.91 Å². The third kappa shape index (κ3) is 3.96. The van der Waals surface area contributed by atoms with Crippen LogP contribution in [-0.2, 0) is 6.42 Å². The molecule has 0 aliphatic carbocycles. The number of carbonyl (C=O) groups is 1. The van der Waals surface area contributed by atoms with Crippen LogP contribution in [0.3, 0.4) is 0 Å². The summed E-state index contributed by atoms with van der Waals surface area (Å²) >= 11 is 6.20. The Kier molecular flexibility index (Phi) is 5.56. The Hall–Kier alpha value is -3.71. The molecule has 0 fully saturated rings. The molecular weight excluding hydrogens is 438 g/mol. The molecule has 4 heterocycles. The van der Waals surface area contributed by atoms with Crippen LogP contribution in [0.4, 0.5) is 17.3 Å². The molecule has 0 radical (unpaired) electrons. The fourth-order valence-corrected chi connectivity index (χ4v) is 4.29. The lowest BCUT2D eigenvalue weighted by Gasteiger charge is -2.23. The van der Waals surface area contributed by atoms with E-state index in [4.69, 9.17) is 16.3 Å². The van der Waals surface area contributed by atoms with Gasteiger partial charge in [-0.1, -0.05) is 17.7 Å². The summed E-state index contributed by atoms with van der Waals surface area (Å²) in [6.07, 6.45) is 4.15. The maximum absolute atomic E-state index is 13.1. The van der Waals surface area contributed by atoms with Crippen LogP contribution in [0.25, 0.3) is 10.9 Å². The highest BCUT2D eigenvalue weighted by molar-refractivity contribution is 6.30. The van der Waals surface area contributed by atoms with Gasteiger partial charge in [0.1, 0.15) is 16.7 Å². The Bertz CT molecular complexity index is 1370. The number of pyridine rings is 3. The molecule has 5 rings (SSSR count). The molecule has 1 aliphatic heterocycles. The number of amides is 1. The van der Waals surface area contributed by atoms with E-state index in [1.54, 1.807) is 18.5 Å². The number of ether oxygens (including phenoxy) is 1. The second kappa shape index (κ2) is 8.67. The highest BCUT2D eigenvalue weighted by Gasteiger charge is 2.28. The number of benzene rings is 1. The summed E-state index contributed by atoms with van der Waals surface area (Å²) in [5, 5.41) is 4.33. The summed E-state index contributed by atoms with van der Waals surface area (Å²) in [5.74, 6) is 1.73. The molecule has 33 heavy (non-hydrogen) atoms. The number of fused-ring (bicyclic) bond motifs is 3. The van der Waals surface area contributed by atoms with Crippen LogP contribution < -0.4 is 15.0 Å². The molecule has 7 nitrogen and oxygen atoms in total. The number of anilines is 3. The first-order valence-corrected chi connectivity index (χ1v) is 11.1. The number of rotatable bonds is 5. The molecule has 1 amide bonds. The Morgan fingerprint density at radius 3 is 2.85 bits per heavy atom. The van der Waals surface area contributed by atoms with E-state index in [2.05, 4.69) is 20.3 Å². The molecule has 1 aliphatic rings. The first-order valence-electron chi connectivity index (χ1n) is 10.8. The smallest absolute Gasteiger partial charge is 0.259 e. The van der Waals surface area contributed by atoms with Crippen molar-refractivity contribution in [1.29, 1.82) is 0 Å². The van der Waals surface area contributed by atoms with E-state index < -0.39 is 0 Å². The number of carbonyl (C=O) groups excluding carboxylic acids is 1. The van der Waals surface area contributed by atoms with E-state index in [1.165, 1.54) is 0 Å². The van der Waals surface area contributed by atoms with Gasteiger partial charge < -0.3 is 15.0 Å². The lowest BCUT2D eigenvalue weighted by Crippen LogP contribution is -2.20. The van der Waals surface area contributed by atoms with E-state index >= 15 is 0 Å². The molecule has 0 atom stereocenters. The molecule has 0 saturated heterocycles. The molecular formula is C25H22ClN5O2. The monoisotopic (exact) mass is 459 g/mol. The lowest BCUT2D eigenvalue weighted by molar-refractivity contribution is 0.102. The number of hydrogen-bond donors (Lipinski definition) is 1. The molecule has 1 aromatic carbocycles. The van der Waals surface area contributed by atoms with Gasteiger partial charge in [0.15, 0.2) is 5.82 Å². The van der Waals surface area contributed by atoms with Crippen LogP contribution in [0.5, 0.6) is 5.75 Å². The van der Waals surface area contributed by atoms with Gasteiger partial charge in [0.25, 0.3) is 5.91 Å². The summed E-state index contributed by atoms with van der Waals surface area (Å²) in [7, 11) is 0. The predicted molar refractivity (Wildman–Crippen MR) is 130 cm³/mol. The zero-order chi connectivity index (χ0) is 22.9. The van der Waals surface area contributed by atoms with Crippen molar-refractivity contribution in [1.82, 2.24) is 15.0 Å². The van der Waals surface area contributed by atoms with Gasteiger partial charge in [-0.15, -0.1) is 0 Å². The quantitative estimate of drug-likeness (QED) is 0.406. The van der Waals surface area contributed by atoms with Crippen LogP contribution >= 0.6 is 11.6 Å². The Labute approximate surface area is 196 Å². The molecule has 166 valence electrons. The van der Waals surface area contributed by atoms with Crippen molar-refractivity contribution < 1.29 is 9.53 Å². The van der Waals surface area contributed by atoms with Gasteiger partial charge in [0.05, 0.1) is 23.4 Å². The summed E-state index contributed by atoms with van der Waals surface area (Å²) in [6.45, 7) is 4.93. The predicted octanol–water partition coefficient (Wildman–Crippen LogP) is 5.33. The maximum Gasteiger partial charge on any atom is 0.259 e.